The molecular weight excluding hydrogens is 310 g/mol. The summed E-state index contributed by atoms with van der Waals surface area (Å²) in [5.41, 5.74) is -1.03. The third-order valence-electron chi connectivity index (χ3n) is 3.48. The average Bonchev–Trinajstić information content (AvgIpc) is 2.46. The fraction of sp³-hybridized carbons (Fsp3) is 0.333. The smallest absolute Gasteiger partial charge is 0.241 e. The number of hydrogen-bond acceptors (Lipinski definition) is 3. The van der Waals surface area contributed by atoms with E-state index in [1.807, 2.05) is 18.2 Å². The molecule has 0 amide bonds. The number of nitrogens with one attached hydrogen (secondary N) is 1. The largest absolute Gasteiger partial charge is 0.381 e. The minimum absolute atomic E-state index is 0.0868. The monoisotopic (exact) mass is 333 g/mol. The second-order valence-electron chi connectivity index (χ2n) is 6.79. The van der Waals surface area contributed by atoms with Gasteiger partial charge in [0.2, 0.25) is 10.0 Å². The lowest BCUT2D eigenvalue weighted by molar-refractivity contribution is 0.0990. The Balaban J connectivity index is 2.59. The summed E-state index contributed by atoms with van der Waals surface area (Å²) in [7, 11) is -3.75. The zero-order chi connectivity index (χ0) is 17.3. The molecule has 23 heavy (non-hydrogen) atoms. The van der Waals surface area contributed by atoms with Gasteiger partial charge in [0.15, 0.2) is 0 Å². The molecule has 1 unspecified atom stereocenters. The maximum Gasteiger partial charge on any atom is 0.241 e. The maximum absolute atomic E-state index is 12.7. The summed E-state index contributed by atoms with van der Waals surface area (Å²) in [6, 6.07) is 15.6. The van der Waals surface area contributed by atoms with Crippen LogP contribution in [0, 0.1) is 0 Å². The Bertz CT molecular complexity index is 775. The van der Waals surface area contributed by atoms with Crippen molar-refractivity contribution in [1.82, 2.24) is 4.72 Å². The molecule has 0 aliphatic rings. The summed E-state index contributed by atoms with van der Waals surface area (Å²) in [5, 5.41) is 11.0. The van der Waals surface area contributed by atoms with Crippen molar-refractivity contribution >= 4 is 10.0 Å². The van der Waals surface area contributed by atoms with Crippen LogP contribution in [0.25, 0.3) is 0 Å². The van der Waals surface area contributed by atoms with E-state index >= 15 is 0 Å². The van der Waals surface area contributed by atoms with Gasteiger partial charge in [-0.1, -0.05) is 48.5 Å². The molecule has 1 atom stereocenters. The van der Waals surface area contributed by atoms with Crippen molar-refractivity contribution in [3.8, 4) is 0 Å². The molecule has 4 nitrogen and oxygen atoms in total. The molecule has 0 saturated heterocycles. The van der Waals surface area contributed by atoms with E-state index < -0.39 is 21.2 Å². The van der Waals surface area contributed by atoms with Crippen LogP contribution in [0.15, 0.2) is 59.5 Å². The van der Waals surface area contributed by atoms with Crippen molar-refractivity contribution in [2.45, 2.75) is 43.7 Å². The molecule has 0 aromatic heterocycles. The van der Waals surface area contributed by atoms with E-state index in [2.05, 4.69) is 4.72 Å². The molecule has 2 aromatic rings. The third kappa shape index (κ3) is 3.99. The van der Waals surface area contributed by atoms with E-state index in [0.717, 1.165) is 0 Å². The van der Waals surface area contributed by atoms with Gasteiger partial charge in [0, 0.05) is 11.1 Å². The van der Waals surface area contributed by atoms with Gasteiger partial charge in [-0.25, -0.2) is 13.1 Å². The Morgan fingerprint density at radius 1 is 0.870 bits per heavy atom. The topological polar surface area (TPSA) is 66.4 Å². The zero-order valence-electron chi connectivity index (χ0n) is 13.9. The Labute approximate surface area is 138 Å². The number of aliphatic hydroxyl groups is 1. The predicted molar refractivity (Wildman–Crippen MR) is 91.6 cm³/mol. The van der Waals surface area contributed by atoms with Gasteiger partial charge >= 0.3 is 0 Å². The van der Waals surface area contributed by atoms with Crippen LogP contribution in [0.5, 0.6) is 0 Å². The lowest BCUT2D eigenvalue weighted by Crippen LogP contribution is -2.41. The van der Waals surface area contributed by atoms with Gasteiger partial charge in [0.05, 0.1) is 4.90 Å². The second kappa shape index (κ2) is 6.07. The van der Waals surface area contributed by atoms with Crippen molar-refractivity contribution in [3.05, 3.63) is 65.7 Å². The Morgan fingerprint density at radius 2 is 1.39 bits per heavy atom. The Hall–Kier alpha value is -1.69. The summed E-state index contributed by atoms with van der Waals surface area (Å²) in [4.78, 5) is 0.0868. The molecular formula is C18H23NO3S. The highest BCUT2D eigenvalue weighted by Crippen LogP contribution is 2.33. The van der Waals surface area contributed by atoms with Crippen LogP contribution in [-0.2, 0) is 15.6 Å². The molecule has 0 radical (unpaired) electrons. The van der Waals surface area contributed by atoms with Crippen molar-refractivity contribution in [1.29, 1.82) is 0 Å². The van der Waals surface area contributed by atoms with E-state index in [-0.39, 0.29) is 4.90 Å². The summed E-state index contributed by atoms with van der Waals surface area (Å²) in [6.45, 7) is 6.95. The quantitative estimate of drug-likeness (QED) is 0.904. The fourth-order valence-corrected chi connectivity index (χ4v) is 4.21. The molecule has 2 N–H and O–H groups in total. The van der Waals surface area contributed by atoms with Crippen molar-refractivity contribution in [2.24, 2.45) is 0 Å². The van der Waals surface area contributed by atoms with E-state index in [0.29, 0.717) is 11.1 Å². The van der Waals surface area contributed by atoms with Crippen LogP contribution in [0.3, 0.4) is 0 Å². The number of hydrogen-bond donors (Lipinski definition) is 2. The fourth-order valence-electron chi connectivity index (χ4n) is 2.48. The Morgan fingerprint density at radius 3 is 1.96 bits per heavy atom. The molecule has 0 aliphatic heterocycles. The van der Waals surface area contributed by atoms with Gasteiger partial charge in [-0.3, -0.25) is 0 Å². The minimum Gasteiger partial charge on any atom is -0.381 e. The zero-order valence-corrected chi connectivity index (χ0v) is 14.7. The van der Waals surface area contributed by atoms with Crippen LogP contribution >= 0.6 is 0 Å². The molecule has 124 valence electrons. The third-order valence-corrected chi connectivity index (χ3v) is 5.29. The molecule has 0 aliphatic carbocycles. The molecule has 2 aromatic carbocycles. The summed E-state index contributed by atoms with van der Waals surface area (Å²) < 4.78 is 28.1. The first kappa shape index (κ1) is 17.7. The summed E-state index contributed by atoms with van der Waals surface area (Å²) in [5.74, 6) is 0. The molecule has 0 saturated carbocycles. The number of benzene rings is 2. The van der Waals surface area contributed by atoms with E-state index in [1.165, 1.54) is 6.07 Å². The van der Waals surface area contributed by atoms with Crippen LogP contribution in [0.4, 0.5) is 0 Å². The van der Waals surface area contributed by atoms with Crippen LogP contribution in [-0.4, -0.2) is 19.1 Å². The summed E-state index contributed by atoms with van der Waals surface area (Å²) in [6.07, 6.45) is 0. The number of sulfonamides is 1. The molecule has 0 spiro atoms. The highest BCUT2D eigenvalue weighted by Gasteiger charge is 2.33. The van der Waals surface area contributed by atoms with Gasteiger partial charge in [0.1, 0.15) is 5.60 Å². The SMILES string of the molecule is CC(C)(C)NS(=O)(=O)c1ccccc1C(C)(O)c1ccccc1. The van der Waals surface area contributed by atoms with Crippen LogP contribution in [0.1, 0.15) is 38.8 Å². The van der Waals surface area contributed by atoms with E-state index in [1.54, 1.807) is 58.0 Å². The van der Waals surface area contributed by atoms with Gasteiger partial charge in [-0.05, 0) is 39.3 Å². The highest BCUT2D eigenvalue weighted by atomic mass is 32.2. The van der Waals surface area contributed by atoms with Crippen molar-refractivity contribution in [2.75, 3.05) is 0 Å². The first-order valence-electron chi connectivity index (χ1n) is 7.45. The average molecular weight is 333 g/mol. The summed E-state index contributed by atoms with van der Waals surface area (Å²) >= 11 is 0. The van der Waals surface area contributed by atoms with Gasteiger partial charge in [-0.15, -0.1) is 0 Å². The first-order chi connectivity index (χ1) is 10.5. The highest BCUT2D eigenvalue weighted by molar-refractivity contribution is 7.89. The second-order valence-corrected chi connectivity index (χ2v) is 8.44. The predicted octanol–water partition coefficient (Wildman–Crippen LogP) is 3.02. The lowest BCUT2D eigenvalue weighted by atomic mass is 9.88. The van der Waals surface area contributed by atoms with E-state index in [4.69, 9.17) is 0 Å². The molecule has 0 fully saturated rings. The van der Waals surface area contributed by atoms with Crippen LogP contribution < -0.4 is 4.72 Å². The van der Waals surface area contributed by atoms with Gasteiger partial charge in [-0.2, -0.15) is 0 Å². The van der Waals surface area contributed by atoms with Crippen LogP contribution in [0.2, 0.25) is 0 Å². The molecule has 2 rings (SSSR count). The first-order valence-corrected chi connectivity index (χ1v) is 8.94. The van der Waals surface area contributed by atoms with Gasteiger partial charge in [0.25, 0.3) is 0 Å². The molecule has 0 bridgehead atoms. The lowest BCUT2D eigenvalue weighted by Gasteiger charge is -2.28. The normalized spacial score (nSPS) is 15.2. The number of rotatable bonds is 4. The van der Waals surface area contributed by atoms with Crippen molar-refractivity contribution < 1.29 is 13.5 Å². The maximum atomic E-state index is 12.7. The molecule has 5 heteroatoms. The standard InChI is InChI=1S/C18H23NO3S/c1-17(2,3)19-23(21,22)16-13-9-8-12-15(16)18(4,20)14-10-6-5-7-11-14/h5-13,19-20H,1-4H3. The Kier molecular flexibility index (Phi) is 4.66. The van der Waals surface area contributed by atoms with Gasteiger partial charge < -0.3 is 5.11 Å². The molecule has 0 heterocycles. The minimum atomic E-state index is -3.75. The van der Waals surface area contributed by atoms with E-state index in [9.17, 15) is 13.5 Å². The van der Waals surface area contributed by atoms with Crippen molar-refractivity contribution in [3.63, 3.8) is 0 Å².